The third kappa shape index (κ3) is 3.35. The molecule has 126 valence electrons. The van der Waals surface area contributed by atoms with Gasteiger partial charge in [-0.15, -0.1) is 11.3 Å². The van der Waals surface area contributed by atoms with E-state index in [0.717, 1.165) is 24.8 Å². The van der Waals surface area contributed by atoms with Crippen LogP contribution in [0, 0.1) is 11.3 Å². The van der Waals surface area contributed by atoms with Gasteiger partial charge in [0.05, 0.1) is 18.2 Å². The van der Waals surface area contributed by atoms with E-state index in [1.165, 1.54) is 4.88 Å². The lowest BCUT2D eigenvalue weighted by molar-refractivity contribution is -0.115. The van der Waals surface area contributed by atoms with Crippen LogP contribution in [-0.4, -0.2) is 28.3 Å². The molecule has 0 bridgehead atoms. The van der Waals surface area contributed by atoms with Crippen LogP contribution in [0.2, 0.25) is 0 Å². The zero-order valence-corrected chi connectivity index (χ0v) is 14.7. The summed E-state index contributed by atoms with van der Waals surface area (Å²) in [6, 6.07) is 4.37. The number of nitriles is 1. The molecule has 0 aliphatic heterocycles. The number of thiophene rings is 1. The fourth-order valence-electron chi connectivity index (χ4n) is 2.96. The Morgan fingerprint density at radius 3 is 3.04 bits per heavy atom. The zero-order chi connectivity index (χ0) is 17.1. The number of aryl methyl sites for hydroxylation is 1. The molecule has 0 unspecified atom stereocenters. The number of anilines is 1. The fourth-order valence-corrected chi connectivity index (χ4v) is 4.21. The lowest BCUT2D eigenvalue weighted by atomic mass is 10.1. The van der Waals surface area contributed by atoms with Crippen LogP contribution in [0.3, 0.4) is 0 Å². The van der Waals surface area contributed by atoms with Crippen LogP contribution in [0.15, 0.2) is 18.5 Å². The average Bonchev–Trinajstić information content (AvgIpc) is 3.28. The van der Waals surface area contributed by atoms with E-state index in [1.807, 2.05) is 23.9 Å². The molecule has 1 amide bonds. The molecule has 0 radical (unpaired) electrons. The van der Waals surface area contributed by atoms with Gasteiger partial charge in [-0.25, -0.2) is 0 Å². The van der Waals surface area contributed by atoms with Crippen LogP contribution in [0.1, 0.15) is 42.3 Å². The van der Waals surface area contributed by atoms with Crippen molar-refractivity contribution in [1.82, 2.24) is 15.1 Å². The Hall–Kier alpha value is -2.17. The molecule has 0 saturated heterocycles. The first-order chi connectivity index (χ1) is 11.6. The molecule has 0 saturated carbocycles. The highest BCUT2D eigenvalue weighted by Gasteiger charge is 2.23. The summed E-state index contributed by atoms with van der Waals surface area (Å²) in [5.41, 5.74) is 1.78. The predicted octanol–water partition coefficient (Wildman–Crippen LogP) is 2.48. The van der Waals surface area contributed by atoms with Crippen molar-refractivity contribution < 1.29 is 4.79 Å². The molecule has 2 aromatic heterocycles. The Balaban J connectivity index is 1.56. The van der Waals surface area contributed by atoms with Gasteiger partial charge in [0, 0.05) is 23.3 Å². The van der Waals surface area contributed by atoms with E-state index in [4.69, 9.17) is 0 Å². The van der Waals surface area contributed by atoms with E-state index < -0.39 is 0 Å². The van der Waals surface area contributed by atoms with Crippen molar-refractivity contribution in [3.05, 3.63) is 34.5 Å². The van der Waals surface area contributed by atoms with Crippen molar-refractivity contribution in [2.45, 2.75) is 45.2 Å². The number of fused-ring (bicyclic) bond motifs is 1. The van der Waals surface area contributed by atoms with Gasteiger partial charge in [0.15, 0.2) is 0 Å². The number of nitrogens with one attached hydrogen (secondary N) is 2. The van der Waals surface area contributed by atoms with E-state index in [0.29, 0.717) is 10.6 Å². The van der Waals surface area contributed by atoms with Crippen LogP contribution >= 0.6 is 11.3 Å². The topological polar surface area (TPSA) is 82.7 Å². The molecular formula is C17H21N5OS. The molecular weight excluding hydrogens is 322 g/mol. The van der Waals surface area contributed by atoms with Gasteiger partial charge in [0.25, 0.3) is 0 Å². The van der Waals surface area contributed by atoms with Crippen molar-refractivity contribution >= 4 is 22.2 Å². The van der Waals surface area contributed by atoms with Crippen LogP contribution in [0.5, 0.6) is 0 Å². The number of hydrogen-bond acceptors (Lipinski definition) is 5. The Morgan fingerprint density at radius 1 is 1.50 bits per heavy atom. The molecule has 0 spiro atoms. The molecule has 0 fully saturated rings. The van der Waals surface area contributed by atoms with Crippen molar-refractivity contribution in [3.63, 3.8) is 0 Å². The second kappa shape index (κ2) is 7.16. The molecule has 7 heteroatoms. The molecule has 2 atom stereocenters. The van der Waals surface area contributed by atoms with E-state index >= 15 is 0 Å². The first-order valence-corrected chi connectivity index (χ1v) is 8.98. The minimum atomic E-state index is -0.120. The number of rotatable bonds is 6. The van der Waals surface area contributed by atoms with Crippen LogP contribution in [0.4, 0.5) is 5.00 Å². The van der Waals surface area contributed by atoms with Crippen LogP contribution in [-0.2, 0) is 17.6 Å². The van der Waals surface area contributed by atoms with Gasteiger partial charge in [0.2, 0.25) is 5.91 Å². The zero-order valence-electron chi connectivity index (χ0n) is 13.9. The highest BCUT2D eigenvalue weighted by molar-refractivity contribution is 7.16. The van der Waals surface area contributed by atoms with Gasteiger partial charge in [-0.05, 0) is 44.7 Å². The van der Waals surface area contributed by atoms with Crippen molar-refractivity contribution in [3.8, 4) is 6.07 Å². The Labute approximate surface area is 145 Å². The Morgan fingerprint density at radius 2 is 2.33 bits per heavy atom. The van der Waals surface area contributed by atoms with E-state index in [2.05, 4.69) is 28.7 Å². The summed E-state index contributed by atoms with van der Waals surface area (Å²) in [6.45, 7) is 4.29. The van der Waals surface area contributed by atoms with Gasteiger partial charge >= 0.3 is 0 Å². The Kier molecular flexibility index (Phi) is 4.97. The van der Waals surface area contributed by atoms with E-state index in [9.17, 15) is 10.1 Å². The summed E-state index contributed by atoms with van der Waals surface area (Å²) in [4.78, 5) is 13.5. The van der Waals surface area contributed by atoms with Gasteiger partial charge in [-0.3, -0.25) is 9.48 Å². The maximum atomic E-state index is 12.2. The molecule has 0 aromatic carbocycles. The number of carbonyl (C=O) groups excluding carboxylic acids is 1. The molecule has 1 aliphatic carbocycles. The van der Waals surface area contributed by atoms with E-state index in [-0.39, 0.29) is 24.5 Å². The summed E-state index contributed by atoms with van der Waals surface area (Å²) in [5, 5.41) is 20.4. The molecule has 1 aliphatic rings. The second-order valence-electron chi connectivity index (χ2n) is 6.12. The van der Waals surface area contributed by atoms with Crippen molar-refractivity contribution in [2.75, 3.05) is 11.9 Å². The summed E-state index contributed by atoms with van der Waals surface area (Å²) in [7, 11) is 0. The fraction of sp³-hybridized carbons (Fsp3) is 0.471. The lowest BCUT2D eigenvalue weighted by Crippen LogP contribution is -2.39. The normalized spacial score (nSPS) is 15.5. The first kappa shape index (κ1) is 16.7. The quantitative estimate of drug-likeness (QED) is 0.844. The molecule has 3 rings (SSSR count). The summed E-state index contributed by atoms with van der Waals surface area (Å²) in [5.74, 6) is -0.120. The monoisotopic (exact) mass is 343 g/mol. The number of hydrogen-bond donors (Lipinski definition) is 2. The maximum Gasteiger partial charge on any atom is 0.238 e. The average molecular weight is 343 g/mol. The van der Waals surface area contributed by atoms with Crippen molar-refractivity contribution in [1.29, 1.82) is 5.26 Å². The van der Waals surface area contributed by atoms with Crippen molar-refractivity contribution in [2.24, 2.45) is 0 Å². The SMILES string of the molecule is C[C@@H](NCC(=O)Nc1sc2c(c1C#N)CCC2)[C@H](C)n1cccn1. The van der Waals surface area contributed by atoms with Gasteiger partial charge < -0.3 is 10.6 Å². The molecule has 2 heterocycles. The highest BCUT2D eigenvalue weighted by Crippen LogP contribution is 2.38. The van der Waals surface area contributed by atoms with E-state index in [1.54, 1.807) is 17.5 Å². The van der Waals surface area contributed by atoms with Gasteiger partial charge in [-0.1, -0.05) is 0 Å². The van der Waals surface area contributed by atoms with Crippen LogP contribution in [0.25, 0.3) is 0 Å². The highest BCUT2D eigenvalue weighted by atomic mass is 32.1. The molecule has 2 aromatic rings. The standard InChI is InChI=1S/C17H21N5OS/c1-11(12(2)22-8-4-7-20-22)19-10-16(23)21-17-14(9-18)13-5-3-6-15(13)24-17/h4,7-8,11-12,19H,3,5-6,10H2,1-2H3,(H,21,23)/t11-,12+/m1/s1. The largest absolute Gasteiger partial charge is 0.315 e. The third-order valence-corrected chi connectivity index (χ3v) is 5.74. The first-order valence-electron chi connectivity index (χ1n) is 8.17. The number of aromatic nitrogens is 2. The second-order valence-corrected chi connectivity index (χ2v) is 7.22. The summed E-state index contributed by atoms with van der Waals surface area (Å²) in [6.07, 6.45) is 6.72. The van der Waals surface area contributed by atoms with Gasteiger partial charge in [-0.2, -0.15) is 10.4 Å². The predicted molar refractivity (Wildman–Crippen MR) is 94.1 cm³/mol. The lowest BCUT2D eigenvalue weighted by Gasteiger charge is -2.21. The molecule has 2 N–H and O–H groups in total. The summed E-state index contributed by atoms with van der Waals surface area (Å²) < 4.78 is 1.87. The maximum absolute atomic E-state index is 12.2. The Bertz CT molecular complexity index is 759. The minimum absolute atomic E-state index is 0.0967. The third-order valence-electron chi connectivity index (χ3n) is 4.54. The number of amides is 1. The minimum Gasteiger partial charge on any atom is -0.315 e. The number of nitrogens with zero attached hydrogens (tertiary/aromatic N) is 3. The molecule has 6 nitrogen and oxygen atoms in total. The number of carbonyl (C=O) groups is 1. The summed E-state index contributed by atoms with van der Waals surface area (Å²) >= 11 is 1.54. The molecule has 24 heavy (non-hydrogen) atoms. The van der Waals surface area contributed by atoms with Gasteiger partial charge in [0.1, 0.15) is 11.1 Å². The van der Waals surface area contributed by atoms with Crippen LogP contribution < -0.4 is 10.6 Å². The smallest absolute Gasteiger partial charge is 0.238 e.